The number of likely N-dealkylation sites (tertiary alicyclic amines) is 1. The molecule has 47 heavy (non-hydrogen) atoms. The molecule has 0 spiro atoms. The van der Waals surface area contributed by atoms with E-state index in [2.05, 4.69) is 27.3 Å². The Balaban J connectivity index is 1.20. The zero-order valence-corrected chi connectivity index (χ0v) is 26.5. The zero-order chi connectivity index (χ0) is 32.6. The number of benzene rings is 1. The maximum absolute atomic E-state index is 14.3. The van der Waals surface area contributed by atoms with Crippen molar-refractivity contribution in [1.82, 2.24) is 34.6 Å². The number of nitrogens with two attached hydrogens (primary N) is 1. The van der Waals surface area contributed by atoms with Crippen molar-refractivity contribution in [2.45, 2.75) is 69.2 Å². The van der Waals surface area contributed by atoms with Crippen LogP contribution in [0.25, 0.3) is 33.6 Å². The molecule has 5 heterocycles. The number of amides is 4. The van der Waals surface area contributed by atoms with Crippen LogP contribution < -0.4 is 21.1 Å². The highest BCUT2D eigenvalue weighted by Gasteiger charge is 2.44. The van der Waals surface area contributed by atoms with E-state index in [1.165, 1.54) is 4.90 Å². The van der Waals surface area contributed by atoms with Crippen molar-refractivity contribution in [3.05, 3.63) is 41.6 Å². The monoisotopic (exact) mass is 642 g/mol. The number of piperidine rings is 1. The van der Waals surface area contributed by atoms with Crippen molar-refractivity contribution in [1.29, 1.82) is 0 Å². The van der Waals surface area contributed by atoms with Gasteiger partial charge in [-0.15, -0.1) is 0 Å². The number of aryl methyl sites for hydroxylation is 1. The Bertz CT molecular complexity index is 1920. The number of imide groups is 1. The lowest BCUT2D eigenvalue weighted by atomic mass is 9.73. The van der Waals surface area contributed by atoms with Crippen molar-refractivity contribution < 1.29 is 23.5 Å². The van der Waals surface area contributed by atoms with Crippen molar-refractivity contribution in [3.63, 3.8) is 0 Å². The molecule has 2 aliphatic carbocycles. The number of urea groups is 1. The van der Waals surface area contributed by atoms with Gasteiger partial charge in [0.25, 0.3) is 5.91 Å². The summed E-state index contributed by atoms with van der Waals surface area (Å²) in [6.07, 6.45) is 3.88. The van der Waals surface area contributed by atoms with Gasteiger partial charge in [0.2, 0.25) is 5.91 Å². The molecule has 246 valence electrons. The fourth-order valence-electron chi connectivity index (χ4n) is 7.97. The number of ether oxygens (including phenoxy) is 1. The van der Waals surface area contributed by atoms with Crippen LogP contribution in [-0.2, 0) is 18.4 Å². The number of fused-ring (bicyclic) bond motifs is 3. The van der Waals surface area contributed by atoms with Gasteiger partial charge in [-0.05, 0) is 68.4 Å². The molecule has 4 amide bonds. The fourth-order valence-corrected chi connectivity index (χ4v) is 7.97. The van der Waals surface area contributed by atoms with E-state index in [0.717, 1.165) is 66.6 Å². The van der Waals surface area contributed by atoms with Gasteiger partial charge >= 0.3 is 6.03 Å². The smallest absolute Gasteiger partial charge is 0.321 e. The summed E-state index contributed by atoms with van der Waals surface area (Å²) >= 11 is 0. The summed E-state index contributed by atoms with van der Waals surface area (Å²) in [4.78, 5) is 50.2. The molecule has 4 N–H and O–H groups in total. The van der Waals surface area contributed by atoms with Gasteiger partial charge < -0.3 is 29.8 Å². The molecule has 2 aliphatic heterocycles. The molecule has 0 bridgehead atoms. The Morgan fingerprint density at radius 3 is 2.70 bits per heavy atom. The van der Waals surface area contributed by atoms with Gasteiger partial charge in [0.15, 0.2) is 5.82 Å². The Labute approximate surface area is 270 Å². The predicted molar refractivity (Wildman–Crippen MR) is 173 cm³/mol. The van der Waals surface area contributed by atoms with Gasteiger partial charge in [0, 0.05) is 54.8 Å². The van der Waals surface area contributed by atoms with Gasteiger partial charge in [-0.25, -0.2) is 19.2 Å². The van der Waals surface area contributed by atoms with Gasteiger partial charge in [0.05, 0.1) is 30.8 Å². The molecule has 2 saturated heterocycles. The molecule has 13 heteroatoms. The Kier molecular flexibility index (Phi) is 7.19. The number of hydrogen-bond acceptors (Lipinski definition) is 7. The maximum Gasteiger partial charge on any atom is 0.321 e. The third kappa shape index (κ3) is 5.20. The first kappa shape index (κ1) is 29.9. The quantitative estimate of drug-likeness (QED) is 0.291. The average molecular weight is 643 g/mol. The topological polar surface area (TPSA) is 149 Å². The first-order chi connectivity index (χ1) is 22.7. The van der Waals surface area contributed by atoms with Gasteiger partial charge in [-0.2, -0.15) is 0 Å². The van der Waals surface area contributed by atoms with Crippen molar-refractivity contribution >= 4 is 39.9 Å². The van der Waals surface area contributed by atoms with E-state index in [4.69, 9.17) is 20.4 Å². The van der Waals surface area contributed by atoms with E-state index < -0.39 is 18.2 Å². The molecular formula is C34H39FN8O4. The molecule has 8 rings (SSSR count). The third-order valence-electron chi connectivity index (χ3n) is 10.4. The molecule has 1 aromatic carbocycles. The summed E-state index contributed by atoms with van der Waals surface area (Å²) in [5, 5.41) is 6.37. The summed E-state index contributed by atoms with van der Waals surface area (Å²) in [6.45, 7) is 1.09. The Morgan fingerprint density at radius 2 is 1.94 bits per heavy atom. The Morgan fingerprint density at radius 1 is 1.11 bits per heavy atom. The second-order valence-corrected chi connectivity index (χ2v) is 13.7. The number of aromatic nitrogens is 4. The number of halogens is 1. The summed E-state index contributed by atoms with van der Waals surface area (Å²) < 4.78 is 24.3. The molecule has 3 aromatic heterocycles. The molecule has 12 nitrogen and oxygen atoms in total. The van der Waals surface area contributed by atoms with Crippen molar-refractivity contribution in [3.8, 4) is 17.3 Å². The SMILES string of the molecule is COc1cc(C(=O)N2C[C@H](N)C[C@@H](F)C2)cc2nc(-c3cc4ccc(C5CCCC6NC(=O)NC(=O)C65)nc4n3CC3CC3)n(C)c12. The highest BCUT2D eigenvalue weighted by atomic mass is 19.1. The largest absolute Gasteiger partial charge is 0.494 e. The van der Waals surface area contributed by atoms with Gasteiger partial charge in [-0.1, -0.05) is 6.42 Å². The first-order valence-corrected chi connectivity index (χ1v) is 16.5. The summed E-state index contributed by atoms with van der Waals surface area (Å²) in [6, 6.07) is 8.58. The van der Waals surface area contributed by atoms with E-state index >= 15 is 0 Å². The van der Waals surface area contributed by atoms with Gasteiger partial charge in [-0.3, -0.25) is 14.9 Å². The van der Waals surface area contributed by atoms with Crippen LogP contribution >= 0.6 is 0 Å². The van der Waals surface area contributed by atoms with E-state index in [1.54, 1.807) is 19.2 Å². The van der Waals surface area contributed by atoms with Gasteiger partial charge in [0.1, 0.15) is 23.1 Å². The minimum absolute atomic E-state index is 0.0121. The number of methoxy groups -OCH3 is 1. The highest BCUT2D eigenvalue weighted by molar-refractivity contribution is 6.01. The van der Waals surface area contributed by atoms with Crippen LogP contribution in [0.2, 0.25) is 0 Å². The predicted octanol–water partition coefficient (Wildman–Crippen LogP) is 3.61. The Hall–Kier alpha value is -4.52. The van der Waals surface area contributed by atoms with Crippen molar-refractivity contribution in [2.24, 2.45) is 24.6 Å². The number of alkyl halides is 1. The first-order valence-electron chi connectivity index (χ1n) is 16.5. The van der Waals surface area contributed by atoms with E-state index in [-0.39, 0.29) is 42.7 Å². The van der Waals surface area contributed by atoms with E-state index in [0.29, 0.717) is 35.1 Å². The number of carbonyl (C=O) groups is 3. The van der Waals surface area contributed by atoms with Crippen molar-refractivity contribution in [2.75, 3.05) is 20.2 Å². The second kappa shape index (κ2) is 11.3. The lowest BCUT2D eigenvalue weighted by Crippen LogP contribution is -2.60. The van der Waals surface area contributed by atoms with E-state index in [9.17, 15) is 18.8 Å². The molecule has 0 radical (unpaired) electrons. The van der Waals surface area contributed by atoms with Crippen LogP contribution in [0.3, 0.4) is 0 Å². The lowest BCUT2D eigenvalue weighted by molar-refractivity contribution is -0.127. The molecule has 3 unspecified atom stereocenters. The van der Waals surface area contributed by atoms with Crippen LogP contribution in [0, 0.1) is 11.8 Å². The van der Waals surface area contributed by atoms with E-state index in [1.807, 2.05) is 17.7 Å². The molecule has 5 atom stereocenters. The molecule has 4 aromatic rings. The normalized spacial score (nSPS) is 26.3. The number of pyridine rings is 1. The van der Waals surface area contributed by atoms with Crippen LogP contribution in [0.5, 0.6) is 5.75 Å². The number of carbonyl (C=O) groups excluding carboxylic acids is 3. The minimum Gasteiger partial charge on any atom is -0.494 e. The number of nitrogens with one attached hydrogen (secondary N) is 2. The second-order valence-electron chi connectivity index (χ2n) is 13.7. The summed E-state index contributed by atoms with van der Waals surface area (Å²) in [7, 11) is 3.50. The molecule has 4 fully saturated rings. The maximum atomic E-state index is 14.3. The number of nitrogens with zero attached hydrogens (tertiary/aromatic N) is 5. The summed E-state index contributed by atoms with van der Waals surface area (Å²) in [5.41, 5.74) is 10.3. The zero-order valence-electron chi connectivity index (χ0n) is 26.5. The minimum atomic E-state index is -1.16. The molecule has 2 saturated carbocycles. The van der Waals surface area contributed by atoms with Crippen LogP contribution in [0.1, 0.15) is 60.5 Å². The molecular weight excluding hydrogens is 603 g/mol. The third-order valence-corrected chi connectivity index (χ3v) is 10.4. The standard InChI is InChI=1S/C34H39FN8O4/c1-41-29-25(10-19(12-27(29)47-2)33(45)42-15-20(35)13-21(36)16-42)38-31(41)26-11-18-8-9-23(37-30(18)43(26)14-17-6-7-17)22-4-3-5-24-28(22)32(44)40-34(46)39-24/h8-12,17,20-22,24,28H,3-7,13-16,36H2,1-2H3,(H2,39,40,44,46)/t20-,21-,22?,24?,28?/m1/s1. The van der Waals surface area contributed by atoms with Crippen LogP contribution in [-0.4, -0.2) is 80.3 Å². The average Bonchev–Trinajstić information content (AvgIpc) is 3.72. The molecule has 4 aliphatic rings. The van der Waals surface area contributed by atoms with Crippen LogP contribution in [0.4, 0.5) is 9.18 Å². The summed E-state index contributed by atoms with van der Waals surface area (Å²) in [5.74, 6) is 0.739. The number of rotatable bonds is 6. The van der Waals surface area contributed by atoms with Crippen LogP contribution in [0.15, 0.2) is 30.3 Å². The number of hydrogen-bond donors (Lipinski definition) is 3. The lowest BCUT2D eigenvalue weighted by Gasteiger charge is -2.40. The fraction of sp³-hybridized carbons (Fsp3) is 0.500. The highest BCUT2D eigenvalue weighted by Crippen LogP contribution is 2.41. The number of imidazole rings is 1.